The van der Waals surface area contributed by atoms with Gasteiger partial charge >= 0.3 is 0 Å². The molecule has 2 heterocycles. The average Bonchev–Trinajstić information content (AvgIpc) is 2.83. The van der Waals surface area contributed by atoms with Gasteiger partial charge < -0.3 is 14.6 Å². The van der Waals surface area contributed by atoms with Crippen LogP contribution in [0.4, 0.5) is 0 Å². The van der Waals surface area contributed by atoms with Crippen molar-refractivity contribution in [1.82, 2.24) is 9.78 Å². The smallest absolute Gasteiger partial charge is 0.162 e. The van der Waals surface area contributed by atoms with Crippen LogP contribution >= 0.6 is 0 Å². The molecule has 5 heteroatoms. The van der Waals surface area contributed by atoms with Gasteiger partial charge in [0.15, 0.2) is 5.75 Å². The fourth-order valence-electron chi connectivity index (χ4n) is 2.98. The standard InChI is InChI=1S/C15H26N2O3/c1-6-14(4)10-15(18,7-8-20-14)13-12(19-5)9-16-17(13)11(2)3/h9,11,18H,6-8,10H2,1-5H3. The molecule has 1 aliphatic rings. The van der Waals surface area contributed by atoms with Crippen LogP contribution in [0.2, 0.25) is 0 Å². The number of hydrogen-bond donors (Lipinski definition) is 1. The maximum Gasteiger partial charge on any atom is 0.162 e. The third kappa shape index (κ3) is 2.56. The molecule has 1 saturated heterocycles. The van der Waals surface area contributed by atoms with E-state index in [2.05, 4.69) is 32.8 Å². The van der Waals surface area contributed by atoms with Crippen LogP contribution in [0.1, 0.15) is 58.7 Å². The Labute approximate surface area is 120 Å². The molecule has 0 aromatic carbocycles. The largest absolute Gasteiger partial charge is 0.493 e. The highest BCUT2D eigenvalue weighted by molar-refractivity contribution is 5.32. The van der Waals surface area contributed by atoms with E-state index < -0.39 is 5.60 Å². The Morgan fingerprint density at radius 3 is 2.80 bits per heavy atom. The lowest BCUT2D eigenvalue weighted by Gasteiger charge is -2.43. The summed E-state index contributed by atoms with van der Waals surface area (Å²) in [6, 6.07) is 0.175. The second kappa shape index (κ2) is 5.37. The van der Waals surface area contributed by atoms with E-state index in [0.29, 0.717) is 25.2 Å². The Morgan fingerprint density at radius 1 is 1.55 bits per heavy atom. The van der Waals surface area contributed by atoms with Gasteiger partial charge in [0.2, 0.25) is 0 Å². The summed E-state index contributed by atoms with van der Waals surface area (Å²) < 4.78 is 13.1. The summed E-state index contributed by atoms with van der Waals surface area (Å²) >= 11 is 0. The Bertz CT molecular complexity index is 472. The van der Waals surface area contributed by atoms with Gasteiger partial charge in [-0.15, -0.1) is 0 Å². The van der Waals surface area contributed by atoms with E-state index in [1.165, 1.54) is 0 Å². The van der Waals surface area contributed by atoms with Gasteiger partial charge in [0.05, 0.1) is 25.5 Å². The first-order chi connectivity index (χ1) is 9.35. The normalized spacial score (nSPS) is 30.8. The molecule has 1 aliphatic heterocycles. The fourth-order valence-corrected chi connectivity index (χ4v) is 2.98. The molecule has 0 radical (unpaired) electrons. The maximum absolute atomic E-state index is 11.2. The third-order valence-electron chi connectivity index (χ3n) is 4.29. The minimum Gasteiger partial charge on any atom is -0.493 e. The van der Waals surface area contributed by atoms with Crippen molar-refractivity contribution >= 4 is 0 Å². The number of hydrogen-bond acceptors (Lipinski definition) is 4. The molecule has 114 valence electrons. The van der Waals surface area contributed by atoms with Crippen LogP contribution in [0.3, 0.4) is 0 Å². The van der Waals surface area contributed by atoms with E-state index in [4.69, 9.17) is 9.47 Å². The van der Waals surface area contributed by atoms with Crippen LogP contribution in [0.25, 0.3) is 0 Å². The molecule has 1 fully saturated rings. The zero-order valence-electron chi connectivity index (χ0n) is 13.1. The van der Waals surface area contributed by atoms with E-state index in [1.807, 2.05) is 4.68 Å². The summed E-state index contributed by atoms with van der Waals surface area (Å²) in [4.78, 5) is 0. The van der Waals surface area contributed by atoms with Gasteiger partial charge in [-0.1, -0.05) is 6.92 Å². The van der Waals surface area contributed by atoms with Crippen molar-refractivity contribution in [3.63, 3.8) is 0 Å². The molecule has 20 heavy (non-hydrogen) atoms. The van der Waals surface area contributed by atoms with Crippen LogP contribution in [0.5, 0.6) is 5.75 Å². The molecule has 0 spiro atoms. The zero-order valence-corrected chi connectivity index (χ0v) is 13.1. The lowest BCUT2D eigenvalue weighted by Crippen LogP contribution is -2.46. The summed E-state index contributed by atoms with van der Waals surface area (Å²) in [7, 11) is 1.62. The van der Waals surface area contributed by atoms with Gasteiger partial charge in [0, 0.05) is 18.9 Å². The van der Waals surface area contributed by atoms with Crippen molar-refractivity contribution in [3.8, 4) is 5.75 Å². The summed E-state index contributed by atoms with van der Waals surface area (Å²) in [5.74, 6) is 0.654. The third-order valence-corrected chi connectivity index (χ3v) is 4.29. The van der Waals surface area contributed by atoms with Crippen molar-refractivity contribution in [3.05, 3.63) is 11.9 Å². The second-order valence-corrected chi connectivity index (χ2v) is 6.21. The highest BCUT2D eigenvalue weighted by Gasteiger charge is 2.46. The molecular formula is C15H26N2O3. The van der Waals surface area contributed by atoms with Crippen molar-refractivity contribution in [2.24, 2.45) is 0 Å². The molecule has 1 aromatic heterocycles. The van der Waals surface area contributed by atoms with Crippen molar-refractivity contribution in [1.29, 1.82) is 0 Å². The van der Waals surface area contributed by atoms with Crippen molar-refractivity contribution in [2.45, 2.75) is 64.2 Å². The van der Waals surface area contributed by atoms with E-state index in [9.17, 15) is 5.11 Å². The van der Waals surface area contributed by atoms with Crippen LogP contribution in [0, 0.1) is 0 Å². The zero-order chi connectivity index (χ0) is 15.0. The summed E-state index contributed by atoms with van der Waals surface area (Å²) in [5, 5.41) is 15.6. The molecule has 0 aliphatic carbocycles. The Morgan fingerprint density at radius 2 is 2.25 bits per heavy atom. The number of aliphatic hydroxyl groups is 1. The van der Waals surface area contributed by atoms with Crippen molar-refractivity contribution < 1.29 is 14.6 Å². The molecule has 0 amide bonds. The monoisotopic (exact) mass is 282 g/mol. The van der Waals surface area contributed by atoms with E-state index in [-0.39, 0.29) is 11.6 Å². The molecule has 5 nitrogen and oxygen atoms in total. The van der Waals surface area contributed by atoms with Gasteiger partial charge in [-0.25, -0.2) is 0 Å². The van der Waals surface area contributed by atoms with Crippen molar-refractivity contribution in [2.75, 3.05) is 13.7 Å². The first kappa shape index (κ1) is 15.3. The minimum absolute atomic E-state index is 0.175. The number of ether oxygens (including phenoxy) is 2. The second-order valence-electron chi connectivity index (χ2n) is 6.21. The molecule has 0 bridgehead atoms. The predicted molar refractivity (Wildman–Crippen MR) is 76.9 cm³/mol. The van der Waals surface area contributed by atoms with Gasteiger partial charge in [-0.2, -0.15) is 5.10 Å². The Kier molecular flexibility index (Phi) is 4.12. The van der Waals surface area contributed by atoms with Gasteiger partial charge in [0.1, 0.15) is 11.3 Å². The molecule has 2 atom stereocenters. The van der Waals surface area contributed by atoms with Crippen LogP contribution < -0.4 is 4.74 Å². The first-order valence-corrected chi connectivity index (χ1v) is 7.33. The quantitative estimate of drug-likeness (QED) is 0.922. The maximum atomic E-state index is 11.2. The SMILES string of the molecule is CCC1(C)CC(O)(c2c(OC)cnn2C(C)C)CCO1. The van der Waals surface area contributed by atoms with E-state index in [0.717, 1.165) is 12.1 Å². The Balaban J connectivity index is 2.45. The van der Waals surface area contributed by atoms with E-state index >= 15 is 0 Å². The average molecular weight is 282 g/mol. The Hall–Kier alpha value is -1.07. The summed E-state index contributed by atoms with van der Waals surface area (Å²) in [6.07, 6.45) is 3.68. The summed E-state index contributed by atoms with van der Waals surface area (Å²) in [6.45, 7) is 8.80. The topological polar surface area (TPSA) is 56.5 Å². The number of rotatable bonds is 4. The number of nitrogens with zero attached hydrogens (tertiary/aromatic N) is 2. The summed E-state index contributed by atoms with van der Waals surface area (Å²) in [5.41, 5.74) is -0.475. The van der Waals surface area contributed by atoms with Gasteiger partial charge in [-0.3, -0.25) is 4.68 Å². The number of methoxy groups -OCH3 is 1. The minimum atomic E-state index is -0.949. The van der Waals surface area contributed by atoms with Crippen LogP contribution in [-0.4, -0.2) is 34.2 Å². The molecule has 1 aromatic rings. The lowest BCUT2D eigenvalue weighted by molar-refractivity contribution is -0.161. The lowest BCUT2D eigenvalue weighted by atomic mass is 9.79. The highest BCUT2D eigenvalue weighted by atomic mass is 16.5. The van der Waals surface area contributed by atoms with Gasteiger partial charge in [0.25, 0.3) is 0 Å². The number of aromatic nitrogens is 2. The molecule has 2 unspecified atom stereocenters. The molecule has 0 saturated carbocycles. The predicted octanol–water partition coefficient (Wildman–Crippen LogP) is 2.64. The van der Waals surface area contributed by atoms with E-state index in [1.54, 1.807) is 13.3 Å². The van der Waals surface area contributed by atoms with Crippen LogP contribution in [0.15, 0.2) is 6.20 Å². The molecular weight excluding hydrogens is 256 g/mol. The fraction of sp³-hybridized carbons (Fsp3) is 0.800. The molecule has 1 N–H and O–H groups in total. The first-order valence-electron chi connectivity index (χ1n) is 7.33. The van der Waals surface area contributed by atoms with Gasteiger partial charge in [-0.05, 0) is 27.2 Å². The highest BCUT2D eigenvalue weighted by Crippen LogP contribution is 2.44. The van der Waals surface area contributed by atoms with Crippen LogP contribution in [-0.2, 0) is 10.3 Å². The molecule has 2 rings (SSSR count).